The number of aromatic nitrogens is 2. The number of ether oxygens (including phenoxy) is 1. The zero-order valence-electron chi connectivity index (χ0n) is 14.4. The molecule has 1 saturated heterocycles. The number of morpholine rings is 1. The van der Waals surface area contributed by atoms with Crippen molar-refractivity contribution in [2.75, 3.05) is 32.8 Å². The van der Waals surface area contributed by atoms with Gasteiger partial charge in [-0.25, -0.2) is 0 Å². The fourth-order valence-corrected chi connectivity index (χ4v) is 3.23. The smallest absolute Gasteiger partial charge is 0.379 e. The standard InChI is InChI=1S/C15H22BrF3N4O2/c1-9(8-22-4-6-25-7-5-22)20-14(24)11(3)23-10(2)12(16)13(21-23)15(17,18)19/h9,11H,4-8H2,1-3H3,(H,20,24). The summed E-state index contributed by atoms with van der Waals surface area (Å²) in [6.45, 7) is 8.49. The lowest BCUT2D eigenvalue weighted by atomic mass is 10.2. The molecule has 0 saturated carbocycles. The van der Waals surface area contributed by atoms with Crippen molar-refractivity contribution >= 4 is 21.8 Å². The van der Waals surface area contributed by atoms with Gasteiger partial charge in [0.1, 0.15) is 6.04 Å². The quantitative estimate of drug-likeness (QED) is 0.784. The molecule has 1 aliphatic rings. The van der Waals surface area contributed by atoms with Gasteiger partial charge in [0.2, 0.25) is 5.91 Å². The zero-order valence-corrected chi connectivity index (χ0v) is 15.9. The van der Waals surface area contributed by atoms with Crippen molar-refractivity contribution in [2.45, 2.75) is 39.0 Å². The molecular weight excluding hydrogens is 405 g/mol. The number of amides is 1. The maximum atomic E-state index is 13.0. The van der Waals surface area contributed by atoms with Crippen LogP contribution in [0.1, 0.15) is 31.3 Å². The highest BCUT2D eigenvalue weighted by atomic mass is 79.9. The van der Waals surface area contributed by atoms with Gasteiger partial charge in [-0.3, -0.25) is 14.4 Å². The number of halogens is 4. The molecule has 1 aromatic heterocycles. The number of carbonyl (C=O) groups is 1. The second kappa shape index (κ2) is 8.05. The van der Waals surface area contributed by atoms with E-state index in [1.54, 1.807) is 0 Å². The van der Waals surface area contributed by atoms with Crippen LogP contribution in [0, 0.1) is 6.92 Å². The molecule has 10 heteroatoms. The molecule has 2 heterocycles. The number of rotatable bonds is 5. The van der Waals surface area contributed by atoms with Crippen molar-refractivity contribution in [3.05, 3.63) is 15.9 Å². The van der Waals surface area contributed by atoms with Crippen LogP contribution in [0.4, 0.5) is 13.2 Å². The summed E-state index contributed by atoms with van der Waals surface area (Å²) >= 11 is 2.92. The Hall–Kier alpha value is -1.13. The second-order valence-electron chi connectivity index (χ2n) is 6.19. The number of nitrogens with zero attached hydrogens (tertiary/aromatic N) is 3. The van der Waals surface area contributed by atoms with Gasteiger partial charge in [0.05, 0.1) is 23.4 Å². The molecule has 1 N–H and O–H groups in total. The van der Waals surface area contributed by atoms with Crippen molar-refractivity contribution in [2.24, 2.45) is 0 Å². The predicted molar refractivity (Wildman–Crippen MR) is 89.2 cm³/mol. The normalized spacial score (nSPS) is 18.8. The van der Waals surface area contributed by atoms with Crippen LogP contribution in [0.5, 0.6) is 0 Å². The van der Waals surface area contributed by atoms with Gasteiger partial charge in [-0.2, -0.15) is 18.3 Å². The van der Waals surface area contributed by atoms with Crippen LogP contribution in [0.15, 0.2) is 4.47 Å². The Morgan fingerprint density at radius 2 is 1.96 bits per heavy atom. The van der Waals surface area contributed by atoms with Crippen molar-refractivity contribution in [1.82, 2.24) is 20.0 Å². The summed E-state index contributed by atoms with van der Waals surface area (Å²) in [5.74, 6) is -0.368. The SMILES string of the molecule is Cc1c(Br)c(C(F)(F)F)nn1C(C)C(=O)NC(C)CN1CCOCC1. The van der Waals surface area contributed by atoms with E-state index in [1.165, 1.54) is 13.8 Å². The van der Waals surface area contributed by atoms with E-state index in [9.17, 15) is 18.0 Å². The second-order valence-corrected chi connectivity index (χ2v) is 6.98. The Bertz CT molecular complexity index is 615. The zero-order chi connectivity index (χ0) is 18.8. The summed E-state index contributed by atoms with van der Waals surface area (Å²) in [7, 11) is 0. The van der Waals surface area contributed by atoms with Crippen LogP contribution in [-0.2, 0) is 15.7 Å². The third kappa shape index (κ3) is 4.95. The van der Waals surface area contributed by atoms with E-state index in [-0.39, 0.29) is 22.1 Å². The van der Waals surface area contributed by atoms with Crippen molar-refractivity contribution in [3.8, 4) is 0 Å². The highest BCUT2D eigenvalue weighted by Crippen LogP contribution is 2.36. The lowest BCUT2D eigenvalue weighted by Gasteiger charge is -2.29. The monoisotopic (exact) mass is 426 g/mol. The minimum atomic E-state index is -4.57. The summed E-state index contributed by atoms with van der Waals surface area (Å²) in [6.07, 6.45) is -4.57. The van der Waals surface area contributed by atoms with Gasteiger partial charge in [-0.05, 0) is 36.7 Å². The Kier molecular flexibility index (Phi) is 6.50. The first kappa shape index (κ1) is 20.2. The van der Waals surface area contributed by atoms with Gasteiger partial charge in [0.15, 0.2) is 5.69 Å². The minimum absolute atomic E-state index is 0.130. The van der Waals surface area contributed by atoms with E-state index >= 15 is 0 Å². The summed E-state index contributed by atoms with van der Waals surface area (Å²) in [6, 6.07) is -0.978. The first-order valence-electron chi connectivity index (χ1n) is 8.03. The van der Waals surface area contributed by atoms with Gasteiger partial charge in [0, 0.05) is 25.7 Å². The Balaban J connectivity index is 2.02. The average Bonchev–Trinajstić information content (AvgIpc) is 2.83. The third-order valence-corrected chi connectivity index (χ3v) is 5.07. The molecule has 0 aliphatic carbocycles. The summed E-state index contributed by atoms with van der Waals surface area (Å²) in [5.41, 5.74) is -0.762. The number of hydrogen-bond donors (Lipinski definition) is 1. The lowest BCUT2D eigenvalue weighted by Crippen LogP contribution is -2.47. The van der Waals surface area contributed by atoms with Crippen LogP contribution >= 0.6 is 15.9 Å². The molecule has 1 aromatic rings. The molecule has 1 aliphatic heterocycles. The van der Waals surface area contributed by atoms with Crippen LogP contribution in [0.25, 0.3) is 0 Å². The largest absolute Gasteiger partial charge is 0.436 e. The molecule has 2 unspecified atom stereocenters. The van der Waals surface area contributed by atoms with Gasteiger partial charge in [-0.15, -0.1) is 0 Å². The highest BCUT2D eigenvalue weighted by Gasteiger charge is 2.39. The highest BCUT2D eigenvalue weighted by molar-refractivity contribution is 9.10. The van der Waals surface area contributed by atoms with Crippen LogP contribution in [0.3, 0.4) is 0 Å². The molecule has 0 aromatic carbocycles. The number of hydrogen-bond acceptors (Lipinski definition) is 4. The Morgan fingerprint density at radius 1 is 1.36 bits per heavy atom. The molecular formula is C15H22BrF3N4O2. The third-order valence-electron chi connectivity index (χ3n) is 4.12. The van der Waals surface area contributed by atoms with E-state index < -0.39 is 17.9 Å². The molecule has 2 atom stereocenters. The molecule has 25 heavy (non-hydrogen) atoms. The summed E-state index contributed by atoms with van der Waals surface area (Å²) in [5, 5.41) is 6.42. The summed E-state index contributed by atoms with van der Waals surface area (Å²) in [4.78, 5) is 14.6. The maximum absolute atomic E-state index is 13.0. The average molecular weight is 427 g/mol. The number of nitrogens with one attached hydrogen (secondary N) is 1. The first-order valence-corrected chi connectivity index (χ1v) is 8.82. The van der Waals surface area contributed by atoms with E-state index in [4.69, 9.17) is 4.74 Å². The fourth-order valence-electron chi connectivity index (χ4n) is 2.75. The predicted octanol–water partition coefficient (Wildman–Crippen LogP) is 2.37. The van der Waals surface area contributed by atoms with E-state index in [1.807, 2.05) is 6.92 Å². The van der Waals surface area contributed by atoms with Gasteiger partial charge >= 0.3 is 6.18 Å². The number of alkyl halides is 3. The van der Waals surface area contributed by atoms with E-state index in [2.05, 4.69) is 31.2 Å². The van der Waals surface area contributed by atoms with E-state index in [0.717, 1.165) is 17.8 Å². The van der Waals surface area contributed by atoms with Crippen LogP contribution in [-0.4, -0.2) is 59.5 Å². The maximum Gasteiger partial charge on any atom is 0.436 e. The van der Waals surface area contributed by atoms with Crippen LogP contribution in [0.2, 0.25) is 0 Å². The molecule has 0 bridgehead atoms. The lowest BCUT2D eigenvalue weighted by molar-refractivity contribution is -0.142. The molecule has 6 nitrogen and oxygen atoms in total. The summed E-state index contributed by atoms with van der Waals surface area (Å²) < 4.78 is 45.1. The molecule has 0 spiro atoms. The van der Waals surface area contributed by atoms with Gasteiger partial charge in [0.25, 0.3) is 0 Å². The topological polar surface area (TPSA) is 59.4 Å². The van der Waals surface area contributed by atoms with E-state index in [0.29, 0.717) is 19.8 Å². The van der Waals surface area contributed by atoms with Crippen molar-refractivity contribution in [3.63, 3.8) is 0 Å². The van der Waals surface area contributed by atoms with Crippen molar-refractivity contribution < 1.29 is 22.7 Å². The van der Waals surface area contributed by atoms with Gasteiger partial charge < -0.3 is 10.1 Å². The molecule has 0 radical (unpaired) electrons. The molecule has 2 rings (SSSR count). The minimum Gasteiger partial charge on any atom is -0.379 e. The molecule has 1 amide bonds. The van der Waals surface area contributed by atoms with Gasteiger partial charge in [-0.1, -0.05) is 0 Å². The molecule has 1 fully saturated rings. The van der Waals surface area contributed by atoms with Crippen LogP contribution < -0.4 is 5.32 Å². The Morgan fingerprint density at radius 3 is 2.48 bits per heavy atom. The molecule has 142 valence electrons. The first-order chi connectivity index (χ1) is 11.6. The number of carbonyl (C=O) groups excluding carboxylic acids is 1. The fraction of sp³-hybridized carbons (Fsp3) is 0.733. The van der Waals surface area contributed by atoms with Crippen molar-refractivity contribution in [1.29, 1.82) is 0 Å². The Labute approximate surface area is 152 Å².